The van der Waals surface area contributed by atoms with Crippen molar-refractivity contribution in [1.29, 1.82) is 0 Å². The Morgan fingerprint density at radius 3 is 2.38 bits per heavy atom. The Kier molecular flexibility index (Phi) is 3.93. The highest BCUT2D eigenvalue weighted by molar-refractivity contribution is 5.74. The van der Waals surface area contributed by atoms with Crippen LogP contribution >= 0.6 is 0 Å². The molecule has 5 rings (SSSR count). The van der Waals surface area contributed by atoms with E-state index >= 15 is 0 Å². The Hall–Kier alpha value is -1.38. The van der Waals surface area contributed by atoms with Crippen LogP contribution in [0, 0.1) is 37.0 Å². The number of aromatic nitrogens is 1. The van der Waals surface area contributed by atoms with E-state index in [-0.39, 0.29) is 5.91 Å². The first-order chi connectivity index (χ1) is 11.4. The summed E-state index contributed by atoms with van der Waals surface area (Å²) < 4.78 is 2.07. The van der Waals surface area contributed by atoms with Crippen molar-refractivity contribution in [2.75, 3.05) is 0 Å². The second-order valence-corrected chi connectivity index (χ2v) is 8.97. The highest BCUT2D eigenvalue weighted by atomic mass is 16.2. The molecule has 1 heterocycles. The number of nitrogens with one attached hydrogen (secondary N) is 1. The standard InChI is InChI=1S/C21H30N2O/c1-14-5-4-6-23(15(14)2)13-20(24)22-16(3)21-10-17-7-18(11-21)9-19(8-17)12-21/h4-6,16-19H,7-13H2,1-3H3/p+1/t16-,17?,18?,19?,21?/m1/s1. The second kappa shape index (κ2) is 5.86. The highest BCUT2D eigenvalue weighted by Gasteiger charge is 2.53. The van der Waals surface area contributed by atoms with Gasteiger partial charge < -0.3 is 5.32 Å². The smallest absolute Gasteiger partial charge is 0.286 e. The van der Waals surface area contributed by atoms with Crippen LogP contribution in [0.25, 0.3) is 0 Å². The van der Waals surface area contributed by atoms with Crippen molar-refractivity contribution in [2.45, 2.75) is 71.9 Å². The SMILES string of the molecule is Cc1ccc[n+](CC(=O)N[C@H](C)C23CC4CC(CC(C4)C2)C3)c1C. The third-order valence-corrected chi connectivity index (χ3v) is 7.31. The molecular formula is C21H31N2O+. The van der Waals surface area contributed by atoms with E-state index in [0.29, 0.717) is 18.0 Å². The summed E-state index contributed by atoms with van der Waals surface area (Å²) in [5.74, 6) is 2.97. The van der Waals surface area contributed by atoms with Gasteiger partial charge >= 0.3 is 0 Å². The summed E-state index contributed by atoms with van der Waals surface area (Å²) in [5, 5.41) is 3.37. The van der Waals surface area contributed by atoms with Gasteiger partial charge in [-0.3, -0.25) is 4.79 Å². The molecule has 0 saturated heterocycles. The first-order valence-electron chi connectivity index (χ1n) is 9.70. The predicted octanol–water partition coefficient (Wildman–Crippen LogP) is 3.31. The predicted molar refractivity (Wildman–Crippen MR) is 94.3 cm³/mol. The van der Waals surface area contributed by atoms with Crippen LogP contribution < -0.4 is 9.88 Å². The van der Waals surface area contributed by atoms with Gasteiger partial charge in [0.2, 0.25) is 6.54 Å². The van der Waals surface area contributed by atoms with Crippen molar-refractivity contribution >= 4 is 5.91 Å². The third-order valence-electron chi connectivity index (χ3n) is 7.31. The molecule has 4 aliphatic carbocycles. The summed E-state index contributed by atoms with van der Waals surface area (Å²) >= 11 is 0. The second-order valence-electron chi connectivity index (χ2n) is 8.97. The van der Waals surface area contributed by atoms with E-state index in [0.717, 1.165) is 17.8 Å². The molecule has 1 aromatic heterocycles. The number of carbonyl (C=O) groups excluding carboxylic acids is 1. The van der Waals surface area contributed by atoms with E-state index in [9.17, 15) is 4.79 Å². The van der Waals surface area contributed by atoms with Gasteiger partial charge in [0.15, 0.2) is 11.9 Å². The molecule has 24 heavy (non-hydrogen) atoms. The largest absolute Gasteiger partial charge is 0.348 e. The summed E-state index contributed by atoms with van der Waals surface area (Å²) in [7, 11) is 0. The molecule has 130 valence electrons. The molecule has 3 nitrogen and oxygen atoms in total. The zero-order valence-corrected chi connectivity index (χ0v) is 15.3. The number of amides is 1. The number of aryl methyl sites for hydroxylation is 1. The minimum absolute atomic E-state index is 0.164. The van der Waals surface area contributed by atoms with Gasteiger partial charge in [0, 0.05) is 24.6 Å². The molecule has 4 bridgehead atoms. The third kappa shape index (κ3) is 2.76. The van der Waals surface area contributed by atoms with E-state index in [4.69, 9.17) is 0 Å². The molecule has 4 saturated carbocycles. The number of hydrogen-bond acceptors (Lipinski definition) is 1. The zero-order valence-electron chi connectivity index (χ0n) is 15.3. The zero-order chi connectivity index (χ0) is 16.9. The number of rotatable bonds is 4. The Morgan fingerprint density at radius 2 is 1.79 bits per heavy atom. The summed E-state index contributed by atoms with van der Waals surface area (Å²) in [5.41, 5.74) is 2.80. The number of nitrogens with zero attached hydrogens (tertiary/aromatic N) is 1. The monoisotopic (exact) mass is 327 g/mol. The van der Waals surface area contributed by atoms with E-state index in [2.05, 4.69) is 36.7 Å². The Morgan fingerprint density at radius 1 is 1.21 bits per heavy atom. The van der Waals surface area contributed by atoms with Crippen LogP contribution in [0.4, 0.5) is 0 Å². The summed E-state index contributed by atoms with van der Waals surface area (Å²) in [6.07, 6.45) is 10.4. The normalized spacial score (nSPS) is 35.0. The minimum atomic E-state index is 0.164. The molecule has 1 amide bonds. The van der Waals surface area contributed by atoms with Gasteiger partial charge in [-0.25, -0.2) is 0 Å². The fourth-order valence-corrected chi connectivity index (χ4v) is 6.22. The van der Waals surface area contributed by atoms with Crippen molar-refractivity contribution < 1.29 is 9.36 Å². The lowest BCUT2D eigenvalue weighted by Gasteiger charge is -2.59. The number of pyridine rings is 1. The van der Waals surface area contributed by atoms with Crippen molar-refractivity contribution in [3.05, 3.63) is 29.6 Å². The average molecular weight is 327 g/mol. The molecule has 3 heteroatoms. The van der Waals surface area contributed by atoms with Gasteiger partial charge in [-0.1, -0.05) is 0 Å². The molecule has 0 radical (unpaired) electrons. The van der Waals surface area contributed by atoms with Gasteiger partial charge in [-0.05, 0) is 81.6 Å². The van der Waals surface area contributed by atoms with Gasteiger partial charge in [-0.15, -0.1) is 0 Å². The van der Waals surface area contributed by atoms with Crippen LogP contribution in [0.3, 0.4) is 0 Å². The maximum absolute atomic E-state index is 12.6. The van der Waals surface area contributed by atoms with Crippen LogP contribution in [-0.4, -0.2) is 11.9 Å². The fraction of sp³-hybridized carbons (Fsp3) is 0.714. The summed E-state index contributed by atoms with van der Waals surface area (Å²) in [6, 6.07) is 4.43. The average Bonchev–Trinajstić information content (AvgIpc) is 2.50. The van der Waals surface area contributed by atoms with Crippen LogP contribution in [0.5, 0.6) is 0 Å². The lowest BCUT2D eigenvalue weighted by atomic mass is 9.48. The molecule has 0 spiro atoms. The molecule has 0 unspecified atom stereocenters. The molecule has 0 aliphatic heterocycles. The summed E-state index contributed by atoms with van der Waals surface area (Å²) in [4.78, 5) is 12.6. The van der Waals surface area contributed by atoms with Gasteiger partial charge in [0.05, 0.1) is 0 Å². The van der Waals surface area contributed by atoms with Crippen molar-refractivity contribution in [3.63, 3.8) is 0 Å². The molecule has 4 aliphatic rings. The maximum atomic E-state index is 12.6. The first-order valence-corrected chi connectivity index (χ1v) is 9.70. The van der Waals surface area contributed by atoms with Crippen molar-refractivity contribution in [1.82, 2.24) is 5.32 Å². The van der Waals surface area contributed by atoms with Crippen molar-refractivity contribution in [3.8, 4) is 0 Å². The molecule has 4 fully saturated rings. The lowest BCUT2D eigenvalue weighted by molar-refractivity contribution is -0.690. The molecule has 1 aromatic rings. The topological polar surface area (TPSA) is 33.0 Å². The highest BCUT2D eigenvalue weighted by Crippen LogP contribution is 2.61. The van der Waals surface area contributed by atoms with E-state index in [1.807, 2.05) is 12.3 Å². The van der Waals surface area contributed by atoms with Crippen molar-refractivity contribution in [2.24, 2.45) is 23.2 Å². The van der Waals surface area contributed by atoms with E-state index < -0.39 is 0 Å². The van der Waals surface area contributed by atoms with Crippen LogP contribution in [0.15, 0.2) is 18.3 Å². The number of hydrogen-bond donors (Lipinski definition) is 1. The van der Waals surface area contributed by atoms with Gasteiger partial charge in [0.25, 0.3) is 5.91 Å². The Balaban J connectivity index is 1.43. The fourth-order valence-electron chi connectivity index (χ4n) is 6.22. The quantitative estimate of drug-likeness (QED) is 0.846. The van der Waals surface area contributed by atoms with Gasteiger partial charge in [-0.2, -0.15) is 4.57 Å². The molecule has 1 atom stereocenters. The van der Waals surface area contributed by atoms with Gasteiger partial charge in [0.1, 0.15) is 0 Å². The van der Waals surface area contributed by atoms with Crippen LogP contribution in [0.1, 0.15) is 56.7 Å². The molecule has 1 N–H and O–H groups in total. The number of carbonyl (C=O) groups is 1. The van der Waals surface area contributed by atoms with E-state index in [1.165, 1.54) is 49.8 Å². The summed E-state index contributed by atoms with van der Waals surface area (Å²) in [6.45, 7) is 6.88. The van der Waals surface area contributed by atoms with E-state index in [1.54, 1.807) is 0 Å². The maximum Gasteiger partial charge on any atom is 0.286 e. The molecular weight excluding hydrogens is 296 g/mol. The lowest BCUT2D eigenvalue weighted by Crippen LogP contribution is -2.57. The van der Waals surface area contributed by atoms with Crippen LogP contribution in [0.2, 0.25) is 0 Å². The molecule has 0 aromatic carbocycles. The van der Waals surface area contributed by atoms with Crippen LogP contribution in [-0.2, 0) is 11.3 Å². The first kappa shape index (κ1) is 16.1. The Labute approximate surface area is 145 Å². The Bertz CT molecular complexity index is 616. The minimum Gasteiger partial charge on any atom is -0.348 e.